The number of aryl methyl sites for hydroxylation is 2. The van der Waals surface area contributed by atoms with Crippen molar-refractivity contribution in [2.75, 3.05) is 5.32 Å². The van der Waals surface area contributed by atoms with E-state index in [2.05, 4.69) is 22.3 Å². The monoisotopic (exact) mass is 269 g/mol. The molecular weight excluding hydrogens is 254 g/mol. The van der Waals surface area contributed by atoms with E-state index in [0.29, 0.717) is 11.4 Å². The van der Waals surface area contributed by atoms with Crippen LogP contribution in [0.25, 0.3) is 0 Å². The molecule has 0 fully saturated rings. The molecule has 0 amide bonds. The summed E-state index contributed by atoms with van der Waals surface area (Å²) in [6, 6.07) is 2.94. The minimum atomic E-state index is -1.05. The van der Waals surface area contributed by atoms with Crippen LogP contribution in [0.3, 0.4) is 0 Å². The average Bonchev–Trinajstić information content (AvgIpc) is 2.45. The van der Waals surface area contributed by atoms with Crippen LogP contribution < -0.4 is 5.32 Å². The highest BCUT2D eigenvalue weighted by atomic mass is 16.4. The minimum absolute atomic E-state index is 0.0406. The van der Waals surface area contributed by atoms with Crippen LogP contribution in [0.15, 0.2) is 6.07 Å². The number of carboxylic acids is 1. The Morgan fingerprint density at radius 2 is 2.30 bits per heavy atom. The minimum Gasteiger partial charge on any atom is -0.480 e. The molecule has 20 heavy (non-hydrogen) atoms. The lowest BCUT2D eigenvalue weighted by molar-refractivity contribution is -0.137. The molecule has 0 aromatic carbocycles. The molecule has 5 nitrogen and oxygen atoms in total. The Morgan fingerprint density at radius 1 is 1.55 bits per heavy atom. The lowest BCUT2D eigenvalue weighted by Gasteiger charge is -2.19. The van der Waals surface area contributed by atoms with E-state index in [1.54, 1.807) is 6.07 Å². The van der Waals surface area contributed by atoms with Crippen LogP contribution in [-0.4, -0.2) is 22.1 Å². The maximum atomic E-state index is 11.1. The standard InChI is InChI=1S/C15H15N3O2/c1-2-5-13(15(19)20)18-14-11(9-16)8-10-6-3-4-7-12(10)17-14/h1,8,13H,3-7H2,(H,17,18)(H,19,20). The van der Waals surface area contributed by atoms with Gasteiger partial charge < -0.3 is 10.4 Å². The third-order valence-corrected chi connectivity index (χ3v) is 3.35. The molecule has 1 heterocycles. The Bertz CT molecular complexity index is 611. The Kier molecular flexibility index (Phi) is 4.22. The first kappa shape index (κ1) is 13.9. The summed E-state index contributed by atoms with van der Waals surface area (Å²) in [7, 11) is 0. The number of carbonyl (C=O) groups is 1. The number of hydrogen-bond acceptors (Lipinski definition) is 4. The highest BCUT2D eigenvalue weighted by molar-refractivity contribution is 5.78. The third-order valence-electron chi connectivity index (χ3n) is 3.35. The summed E-state index contributed by atoms with van der Waals surface area (Å²) in [4.78, 5) is 15.5. The van der Waals surface area contributed by atoms with E-state index in [1.165, 1.54) is 0 Å². The van der Waals surface area contributed by atoms with Crippen molar-refractivity contribution in [3.63, 3.8) is 0 Å². The Labute approximate surface area is 117 Å². The predicted octanol–water partition coefficient (Wildman–Crippen LogP) is 1.72. The van der Waals surface area contributed by atoms with Crippen LogP contribution >= 0.6 is 0 Å². The van der Waals surface area contributed by atoms with Crippen LogP contribution in [0, 0.1) is 23.7 Å². The number of pyridine rings is 1. The van der Waals surface area contributed by atoms with Gasteiger partial charge in [-0.15, -0.1) is 12.3 Å². The summed E-state index contributed by atoms with van der Waals surface area (Å²) < 4.78 is 0. The fraction of sp³-hybridized carbons (Fsp3) is 0.400. The van der Waals surface area contributed by atoms with Crippen LogP contribution in [-0.2, 0) is 17.6 Å². The zero-order valence-corrected chi connectivity index (χ0v) is 11.0. The topological polar surface area (TPSA) is 86.0 Å². The summed E-state index contributed by atoms with van der Waals surface area (Å²) >= 11 is 0. The number of hydrogen-bond donors (Lipinski definition) is 2. The number of fused-ring (bicyclic) bond motifs is 1. The van der Waals surface area contributed by atoms with E-state index in [0.717, 1.165) is 36.9 Å². The second-order valence-corrected chi connectivity index (χ2v) is 4.75. The number of nitrogens with one attached hydrogen (secondary N) is 1. The average molecular weight is 269 g/mol. The fourth-order valence-electron chi connectivity index (χ4n) is 2.31. The molecule has 5 heteroatoms. The van der Waals surface area contributed by atoms with Crippen molar-refractivity contribution in [2.24, 2.45) is 0 Å². The Balaban J connectivity index is 2.33. The molecule has 2 rings (SSSR count). The van der Waals surface area contributed by atoms with Crippen LogP contribution in [0.5, 0.6) is 0 Å². The van der Waals surface area contributed by atoms with Crippen molar-refractivity contribution < 1.29 is 9.90 Å². The zero-order valence-electron chi connectivity index (χ0n) is 11.0. The van der Waals surface area contributed by atoms with E-state index in [9.17, 15) is 10.1 Å². The molecule has 1 aromatic heterocycles. The first-order valence-corrected chi connectivity index (χ1v) is 6.51. The highest BCUT2D eigenvalue weighted by Gasteiger charge is 2.20. The number of rotatable bonds is 4. The van der Waals surface area contributed by atoms with Gasteiger partial charge in [0.2, 0.25) is 0 Å². The molecule has 0 saturated carbocycles. The number of aliphatic carboxylic acids is 1. The molecule has 1 aromatic rings. The fourth-order valence-corrected chi connectivity index (χ4v) is 2.31. The van der Waals surface area contributed by atoms with E-state index < -0.39 is 12.0 Å². The molecular formula is C15H15N3O2. The summed E-state index contributed by atoms with van der Waals surface area (Å²) in [5.74, 6) is 1.58. The molecule has 0 bridgehead atoms. The number of aromatic nitrogens is 1. The second-order valence-electron chi connectivity index (χ2n) is 4.75. The molecule has 102 valence electrons. The number of terminal acetylenes is 1. The van der Waals surface area contributed by atoms with Gasteiger partial charge in [-0.1, -0.05) is 0 Å². The van der Waals surface area contributed by atoms with E-state index in [-0.39, 0.29) is 6.42 Å². The van der Waals surface area contributed by atoms with Crippen molar-refractivity contribution in [3.8, 4) is 18.4 Å². The zero-order chi connectivity index (χ0) is 14.5. The molecule has 1 atom stereocenters. The number of nitriles is 1. The van der Waals surface area contributed by atoms with Crippen molar-refractivity contribution >= 4 is 11.8 Å². The SMILES string of the molecule is C#CCC(Nc1nc2c(cc1C#N)CCCC2)C(=O)O. The molecule has 1 unspecified atom stereocenters. The normalized spacial score (nSPS) is 14.5. The first-order valence-electron chi connectivity index (χ1n) is 6.51. The molecule has 2 N–H and O–H groups in total. The summed E-state index contributed by atoms with van der Waals surface area (Å²) in [6.07, 6.45) is 9.15. The van der Waals surface area contributed by atoms with E-state index in [4.69, 9.17) is 11.5 Å². The maximum absolute atomic E-state index is 11.1. The van der Waals surface area contributed by atoms with Gasteiger partial charge >= 0.3 is 5.97 Å². The molecule has 0 spiro atoms. The van der Waals surface area contributed by atoms with Gasteiger partial charge in [-0.05, 0) is 37.3 Å². The van der Waals surface area contributed by atoms with Gasteiger partial charge in [0.25, 0.3) is 0 Å². The summed E-state index contributed by atoms with van der Waals surface area (Å²) in [6.45, 7) is 0. The first-order chi connectivity index (χ1) is 9.65. The number of nitrogens with zero attached hydrogens (tertiary/aromatic N) is 2. The van der Waals surface area contributed by atoms with Gasteiger partial charge in [-0.3, -0.25) is 0 Å². The number of anilines is 1. The lowest BCUT2D eigenvalue weighted by Crippen LogP contribution is -2.30. The maximum Gasteiger partial charge on any atom is 0.327 e. The van der Waals surface area contributed by atoms with Gasteiger partial charge in [-0.25, -0.2) is 9.78 Å². The van der Waals surface area contributed by atoms with Gasteiger partial charge in [0.1, 0.15) is 17.9 Å². The van der Waals surface area contributed by atoms with Crippen LogP contribution in [0.4, 0.5) is 5.82 Å². The van der Waals surface area contributed by atoms with Crippen molar-refractivity contribution in [1.82, 2.24) is 4.98 Å². The molecule has 1 aliphatic rings. The molecule has 0 saturated heterocycles. The molecule has 0 aliphatic heterocycles. The van der Waals surface area contributed by atoms with Crippen molar-refractivity contribution in [2.45, 2.75) is 38.1 Å². The quantitative estimate of drug-likeness (QED) is 0.813. The largest absolute Gasteiger partial charge is 0.480 e. The van der Waals surface area contributed by atoms with Crippen molar-refractivity contribution in [1.29, 1.82) is 5.26 Å². The van der Waals surface area contributed by atoms with Crippen molar-refractivity contribution in [3.05, 3.63) is 22.9 Å². The molecule has 1 aliphatic carbocycles. The smallest absolute Gasteiger partial charge is 0.327 e. The van der Waals surface area contributed by atoms with Gasteiger partial charge in [-0.2, -0.15) is 5.26 Å². The lowest BCUT2D eigenvalue weighted by atomic mass is 9.95. The summed E-state index contributed by atoms with van der Waals surface area (Å²) in [5.41, 5.74) is 2.40. The predicted molar refractivity (Wildman–Crippen MR) is 74.1 cm³/mol. The summed E-state index contributed by atoms with van der Waals surface area (Å²) in [5, 5.41) is 21.1. The Hall–Kier alpha value is -2.53. The van der Waals surface area contributed by atoms with Crippen LogP contribution in [0.1, 0.15) is 36.1 Å². The second kappa shape index (κ2) is 6.08. The van der Waals surface area contributed by atoms with Gasteiger partial charge in [0.05, 0.1) is 5.56 Å². The third kappa shape index (κ3) is 2.89. The molecule has 0 radical (unpaired) electrons. The highest BCUT2D eigenvalue weighted by Crippen LogP contribution is 2.24. The van der Waals surface area contributed by atoms with E-state index in [1.807, 2.05) is 0 Å². The van der Waals surface area contributed by atoms with Crippen LogP contribution in [0.2, 0.25) is 0 Å². The van der Waals surface area contributed by atoms with Gasteiger partial charge in [0, 0.05) is 12.1 Å². The van der Waals surface area contributed by atoms with Gasteiger partial charge in [0.15, 0.2) is 0 Å². The number of carboxylic acid groups (broad SMARTS) is 1. The Morgan fingerprint density at radius 3 is 2.95 bits per heavy atom. The van der Waals surface area contributed by atoms with E-state index >= 15 is 0 Å².